The summed E-state index contributed by atoms with van der Waals surface area (Å²) in [7, 11) is 0. The van der Waals surface area contributed by atoms with Crippen molar-refractivity contribution in [1.82, 2.24) is 9.80 Å². The Kier molecular flexibility index (Phi) is 6.47. The minimum absolute atomic E-state index is 0.103. The van der Waals surface area contributed by atoms with Gasteiger partial charge in [-0.1, -0.05) is 30.0 Å². The highest BCUT2D eigenvalue weighted by atomic mass is 32.2. The van der Waals surface area contributed by atoms with Crippen LogP contribution in [-0.4, -0.2) is 52.2 Å². The molecule has 156 valence electrons. The monoisotopic (exact) mass is 425 g/mol. The van der Waals surface area contributed by atoms with E-state index in [9.17, 15) is 14.0 Å². The van der Waals surface area contributed by atoms with E-state index in [2.05, 4.69) is 0 Å². The number of thioether (sulfide) groups is 1. The number of benzene rings is 2. The van der Waals surface area contributed by atoms with Gasteiger partial charge in [-0.15, -0.1) is 0 Å². The van der Waals surface area contributed by atoms with Gasteiger partial charge < -0.3 is 4.90 Å². The predicted octanol–water partition coefficient (Wildman–Crippen LogP) is 4.33. The lowest BCUT2D eigenvalue weighted by molar-refractivity contribution is -0.132. The first-order valence-electron chi connectivity index (χ1n) is 10.2. The van der Waals surface area contributed by atoms with Crippen molar-refractivity contribution >= 4 is 34.4 Å². The van der Waals surface area contributed by atoms with Crippen LogP contribution in [0.1, 0.15) is 29.6 Å². The first kappa shape index (κ1) is 20.6. The molecule has 0 radical (unpaired) electrons. The number of amides is 2. The van der Waals surface area contributed by atoms with Gasteiger partial charge in [0.1, 0.15) is 5.82 Å². The summed E-state index contributed by atoms with van der Waals surface area (Å²) in [6.45, 7) is 1.74. The Labute approximate surface area is 180 Å². The Morgan fingerprint density at radius 2 is 1.67 bits per heavy atom. The first-order valence-corrected chi connectivity index (χ1v) is 11.2. The van der Waals surface area contributed by atoms with Crippen LogP contribution in [-0.2, 0) is 4.79 Å². The molecular formula is C23H24FN3O2S. The van der Waals surface area contributed by atoms with Crippen LogP contribution in [0.3, 0.4) is 0 Å². The van der Waals surface area contributed by atoms with E-state index in [0.717, 1.165) is 23.0 Å². The molecule has 5 nitrogen and oxygen atoms in total. The van der Waals surface area contributed by atoms with Gasteiger partial charge in [-0.3, -0.25) is 14.5 Å². The fourth-order valence-electron chi connectivity index (χ4n) is 3.79. The fraction of sp³-hybridized carbons (Fsp3) is 0.348. The van der Waals surface area contributed by atoms with Crippen molar-refractivity contribution in [2.75, 3.05) is 25.4 Å². The summed E-state index contributed by atoms with van der Waals surface area (Å²) in [6.07, 6.45) is 2.21. The van der Waals surface area contributed by atoms with Crippen LogP contribution < -0.4 is 0 Å². The smallest absolute Gasteiger partial charge is 0.253 e. The maximum atomic E-state index is 13.2. The number of likely N-dealkylation sites (tertiary alicyclic amines) is 1. The first-order chi connectivity index (χ1) is 14.6. The molecule has 2 fully saturated rings. The van der Waals surface area contributed by atoms with Gasteiger partial charge in [-0.05, 0) is 55.7 Å². The van der Waals surface area contributed by atoms with Crippen LogP contribution in [0.5, 0.6) is 0 Å². The fourth-order valence-corrected chi connectivity index (χ4v) is 4.76. The molecule has 2 saturated heterocycles. The molecule has 0 bridgehead atoms. The van der Waals surface area contributed by atoms with Gasteiger partial charge in [0.15, 0.2) is 5.17 Å². The Balaban J connectivity index is 1.40. The molecule has 0 spiro atoms. The Hall–Kier alpha value is -2.67. The molecule has 2 aliphatic heterocycles. The molecular weight excluding hydrogens is 401 g/mol. The number of hydrogen-bond donors (Lipinski definition) is 0. The highest BCUT2D eigenvalue weighted by Gasteiger charge is 2.33. The van der Waals surface area contributed by atoms with E-state index in [1.54, 1.807) is 16.7 Å². The maximum Gasteiger partial charge on any atom is 0.253 e. The number of amidine groups is 1. The number of carbonyl (C=O) groups excluding carboxylic acids is 2. The summed E-state index contributed by atoms with van der Waals surface area (Å²) < 4.78 is 13.1. The van der Waals surface area contributed by atoms with E-state index >= 15 is 0 Å². The van der Waals surface area contributed by atoms with Gasteiger partial charge >= 0.3 is 0 Å². The molecule has 30 heavy (non-hydrogen) atoms. The number of halogens is 1. The van der Waals surface area contributed by atoms with Crippen LogP contribution >= 0.6 is 11.8 Å². The zero-order valence-electron chi connectivity index (χ0n) is 16.7. The third-order valence-electron chi connectivity index (χ3n) is 5.46. The van der Waals surface area contributed by atoms with Crippen LogP contribution in [0.4, 0.5) is 10.1 Å². The zero-order valence-corrected chi connectivity index (χ0v) is 17.5. The van der Waals surface area contributed by atoms with Crippen LogP contribution in [0.15, 0.2) is 59.6 Å². The van der Waals surface area contributed by atoms with Crippen molar-refractivity contribution in [3.05, 3.63) is 66.0 Å². The lowest BCUT2D eigenvalue weighted by Gasteiger charge is -2.35. The number of rotatable bonds is 3. The molecule has 2 heterocycles. The van der Waals surface area contributed by atoms with Crippen molar-refractivity contribution in [3.63, 3.8) is 0 Å². The number of para-hydroxylation sites is 1. The molecule has 0 unspecified atom stereocenters. The van der Waals surface area contributed by atoms with Crippen LogP contribution in [0.25, 0.3) is 0 Å². The molecule has 2 aromatic carbocycles. The summed E-state index contributed by atoms with van der Waals surface area (Å²) in [5.41, 5.74) is 1.32. The molecule has 2 aromatic rings. The van der Waals surface area contributed by atoms with Crippen molar-refractivity contribution < 1.29 is 14.0 Å². The highest BCUT2D eigenvalue weighted by molar-refractivity contribution is 8.13. The Morgan fingerprint density at radius 3 is 2.37 bits per heavy atom. The van der Waals surface area contributed by atoms with Gasteiger partial charge in [0.25, 0.3) is 5.91 Å². The molecule has 0 N–H and O–H groups in total. The molecule has 0 saturated carbocycles. The van der Waals surface area contributed by atoms with Crippen molar-refractivity contribution in [3.8, 4) is 0 Å². The van der Waals surface area contributed by atoms with Crippen LogP contribution in [0, 0.1) is 11.7 Å². The largest absolute Gasteiger partial charge is 0.339 e. The minimum atomic E-state index is -0.358. The van der Waals surface area contributed by atoms with Crippen molar-refractivity contribution in [2.24, 2.45) is 10.9 Å². The van der Waals surface area contributed by atoms with Gasteiger partial charge in [0, 0.05) is 36.9 Å². The second-order valence-electron chi connectivity index (χ2n) is 7.50. The summed E-state index contributed by atoms with van der Waals surface area (Å²) in [5, 5.41) is 0.766. The second-order valence-corrected chi connectivity index (χ2v) is 8.56. The lowest BCUT2D eigenvalue weighted by atomic mass is 9.94. The van der Waals surface area contributed by atoms with Crippen LogP contribution in [0.2, 0.25) is 0 Å². The lowest BCUT2D eigenvalue weighted by Crippen LogP contribution is -2.47. The third kappa shape index (κ3) is 4.73. The zero-order chi connectivity index (χ0) is 20.9. The quantitative estimate of drug-likeness (QED) is 0.736. The van der Waals surface area contributed by atoms with E-state index in [0.29, 0.717) is 38.0 Å². The third-order valence-corrected chi connectivity index (χ3v) is 6.52. The highest BCUT2D eigenvalue weighted by Crippen LogP contribution is 2.27. The SMILES string of the molecule is O=C(c1ccc(F)cc1)N1CCC(C(=O)N2CCCSC2=Nc2ccccc2)CC1. The normalized spacial score (nSPS) is 19.2. The van der Waals surface area contributed by atoms with E-state index in [-0.39, 0.29) is 23.5 Å². The van der Waals surface area contributed by atoms with Crippen molar-refractivity contribution in [1.29, 1.82) is 0 Å². The van der Waals surface area contributed by atoms with E-state index < -0.39 is 0 Å². The summed E-state index contributed by atoms with van der Waals surface area (Å²) in [6, 6.07) is 15.3. The van der Waals surface area contributed by atoms with Crippen molar-refractivity contribution in [2.45, 2.75) is 19.3 Å². The molecule has 4 rings (SSSR count). The van der Waals surface area contributed by atoms with E-state index in [1.807, 2.05) is 35.2 Å². The van der Waals surface area contributed by atoms with Gasteiger partial charge in [0.2, 0.25) is 5.91 Å². The van der Waals surface area contributed by atoms with Gasteiger partial charge in [-0.25, -0.2) is 9.38 Å². The predicted molar refractivity (Wildman–Crippen MR) is 117 cm³/mol. The van der Waals surface area contributed by atoms with Gasteiger partial charge in [-0.2, -0.15) is 0 Å². The number of nitrogens with zero attached hydrogens (tertiary/aromatic N) is 3. The summed E-state index contributed by atoms with van der Waals surface area (Å²) in [5.74, 6) is 0.483. The molecule has 0 atom stereocenters. The number of piperidine rings is 1. The maximum absolute atomic E-state index is 13.2. The minimum Gasteiger partial charge on any atom is -0.339 e. The molecule has 0 aliphatic carbocycles. The van der Waals surface area contributed by atoms with E-state index in [1.165, 1.54) is 24.3 Å². The Morgan fingerprint density at radius 1 is 0.967 bits per heavy atom. The number of carbonyl (C=O) groups is 2. The number of hydrogen-bond acceptors (Lipinski definition) is 4. The topological polar surface area (TPSA) is 53.0 Å². The molecule has 7 heteroatoms. The average molecular weight is 426 g/mol. The average Bonchev–Trinajstić information content (AvgIpc) is 2.80. The van der Waals surface area contributed by atoms with E-state index in [4.69, 9.17) is 4.99 Å². The van der Waals surface area contributed by atoms with Gasteiger partial charge in [0.05, 0.1) is 5.69 Å². The summed E-state index contributed by atoms with van der Waals surface area (Å²) in [4.78, 5) is 34.1. The number of aliphatic imine (C=N–C) groups is 1. The second kappa shape index (κ2) is 9.43. The standard InChI is InChI=1S/C23H24FN3O2S/c24-19-9-7-17(8-10-19)21(28)26-14-11-18(12-15-26)22(29)27-13-4-16-30-23(27)25-20-5-2-1-3-6-20/h1-3,5-10,18H,4,11-16H2. The summed E-state index contributed by atoms with van der Waals surface area (Å²) >= 11 is 1.62. The molecule has 2 aliphatic rings. The molecule has 0 aromatic heterocycles. The Bertz CT molecular complexity index is 925. The molecule has 2 amide bonds.